The van der Waals surface area contributed by atoms with E-state index in [1.807, 2.05) is 32.2 Å². The fourth-order valence-electron chi connectivity index (χ4n) is 10.2. The zero-order valence-electron chi connectivity index (χ0n) is 32.2. The van der Waals surface area contributed by atoms with Gasteiger partial charge in [0.2, 0.25) is 0 Å². The largest absolute Gasteiger partial charge is 0.504 e. The number of fused-ring (bicyclic) bond motifs is 3. The molecule has 0 amide bonds. The summed E-state index contributed by atoms with van der Waals surface area (Å²) in [4.78, 5) is 3.98. The molecule has 0 unspecified atom stereocenters. The van der Waals surface area contributed by atoms with Gasteiger partial charge in [-0.15, -0.1) is 0 Å². The van der Waals surface area contributed by atoms with Gasteiger partial charge in [-0.25, -0.2) is 0 Å². The van der Waals surface area contributed by atoms with Crippen LogP contribution in [0.2, 0.25) is 0 Å². The van der Waals surface area contributed by atoms with Crippen LogP contribution in [0.15, 0.2) is 34.7 Å². The summed E-state index contributed by atoms with van der Waals surface area (Å²) < 4.78 is 12.6. The van der Waals surface area contributed by atoms with Crippen molar-refractivity contribution in [1.29, 1.82) is 0 Å². The number of unbranched alkanes of at least 4 members (excludes halogenated alkanes) is 1. The van der Waals surface area contributed by atoms with E-state index in [-0.39, 0.29) is 24.4 Å². The minimum Gasteiger partial charge on any atom is -0.504 e. The van der Waals surface area contributed by atoms with E-state index in [1.54, 1.807) is 6.07 Å². The third kappa shape index (κ3) is 8.76. The number of aromatic amines is 1. The Balaban J connectivity index is 1.23. The number of aliphatic hydroxyl groups is 2. The number of H-pyrrole nitrogens is 1. The van der Waals surface area contributed by atoms with Crippen LogP contribution >= 0.6 is 0 Å². The van der Waals surface area contributed by atoms with Crippen molar-refractivity contribution >= 4 is 0 Å². The number of likely N-dealkylation sites (N-methyl/N-ethyl adjacent to an activating group) is 2. The smallest absolute Gasteiger partial charge is 0.161 e. The normalized spacial score (nSPS) is 22.6. The molecule has 2 aromatic heterocycles. The van der Waals surface area contributed by atoms with Crippen molar-refractivity contribution in [2.75, 3.05) is 33.3 Å². The zero-order valence-corrected chi connectivity index (χ0v) is 32.2. The standard InChI is InChI=1S/C43H66N4O5/c1-5-7-13-40-30(26-48)21-31(52-40)16-14-29-15-17-39(50)41(20-29)51-27-38(45-6-2)35-22-33-36(47-35)23-43(18-8-9-19-43)34-12-10-11-32(34)42(33)37(25-44-4)46-24-28(3)49/h15,17,20-22,28,32,34,37-38,42,44-50H,5-14,16,18-19,23-27H2,1-4H3/t28-,32-,34+,37-,38-,42-/m0/s1. The molecule has 6 rings (SSSR count). The lowest BCUT2D eigenvalue weighted by molar-refractivity contribution is 0.107. The first-order valence-electron chi connectivity index (χ1n) is 20.5. The summed E-state index contributed by atoms with van der Waals surface area (Å²) in [5.74, 6) is 4.12. The van der Waals surface area contributed by atoms with Crippen LogP contribution < -0.4 is 20.7 Å². The summed E-state index contributed by atoms with van der Waals surface area (Å²) in [5.41, 5.74) is 6.30. The van der Waals surface area contributed by atoms with Crippen molar-refractivity contribution in [2.24, 2.45) is 17.3 Å². The van der Waals surface area contributed by atoms with E-state index in [4.69, 9.17) is 9.15 Å². The van der Waals surface area contributed by atoms with E-state index in [9.17, 15) is 15.3 Å². The summed E-state index contributed by atoms with van der Waals surface area (Å²) >= 11 is 0. The third-order valence-electron chi connectivity index (χ3n) is 12.6. The number of hydrogen-bond acceptors (Lipinski definition) is 8. The van der Waals surface area contributed by atoms with Crippen LogP contribution in [-0.4, -0.2) is 65.7 Å². The number of phenolic OH excluding ortho intramolecular Hbond substituents is 1. The first-order chi connectivity index (χ1) is 25.3. The average Bonchev–Trinajstić information content (AvgIpc) is 3.95. The summed E-state index contributed by atoms with van der Waals surface area (Å²) in [6.07, 6.45) is 14.4. The number of nitrogens with one attached hydrogen (secondary N) is 4. The molecule has 9 heteroatoms. The molecular weight excluding hydrogens is 652 g/mol. The highest BCUT2D eigenvalue weighted by molar-refractivity contribution is 5.42. The van der Waals surface area contributed by atoms with Gasteiger partial charge in [0.1, 0.15) is 18.1 Å². The molecule has 288 valence electrons. The number of rotatable bonds is 19. The number of furan rings is 1. The number of aromatic nitrogens is 1. The van der Waals surface area contributed by atoms with Crippen molar-refractivity contribution < 1.29 is 24.5 Å². The van der Waals surface area contributed by atoms with E-state index < -0.39 is 6.10 Å². The van der Waals surface area contributed by atoms with E-state index in [0.717, 1.165) is 79.5 Å². The van der Waals surface area contributed by atoms with Crippen LogP contribution in [0.1, 0.15) is 130 Å². The van der Waals surface area contributed by atoms with Gasteiger partial charge in [0.05, 0.1) is 18.8 Å². The highest BCUT2D eigenvalue weighted by Gasteiger charge is 2.53. The molecule has 6 atom stereocenters. The highest BCUT2D eigenvalue weighted by Crippen LogP contribution is 2.60. The molecule has 0 aliphatic heterocycles. The SMILES string of the molecule is CCCCc1oc(CCc2ccc(O)c(OC[C@H](NCC)c3cc4c([nH]3)CC3(CCCC3)[C@@H]3CCC[C@@H]3[C@@H]4[C@H](CNC)NC[C@H](C)O)c2)cc1CO. The molecule has 3 aliphatic carbocycles. The molecule has 2 heterocycles. The number of hydrogen-bond donors (Lipinski definition) is 7. The van der Waals surface area contributed by atoms with Gasteiger partial charge in [0.15, 0.2) is 11.5 Å². The van der Waals surface area contributed by atoms with Gasteiger partial charge in [-0.05, 0) is 118 Å². The predicted octanol–water partition coefficient (Wildman–Crippen LogP) is 6.84. The van der Waals surface area contributed by atoms with Crippen molar-refractivity contribution in [3.05, 3.63) is 69.9 Å². The maximum Gasteiger partial charge on any atom is 0.161 e. The molecule has 7 N–H and O–H groups in total. The summed E-state index contributed by atoms with van der Waals surface area (Å²) in [6, 6.07) is 10.2. The minimum absolute atomic E-state index is 0.00442. The Morgan fingerprint density at radius 1 is 1.02 bits per heavy atom. The first-order valence-corrected chi connectivity index (χ1v) is 20.5. The quantitative estimate of drug-likeness (QED) is 0.0717. The number of ether oxygens (including phenoxy) is 1. The van der Waals surface area contributed by atoms with Gasteiger partial charge in [0.25, 0.3) is 0 Å². The lowest BCUT2D eigenvalue weighted by atomic mass is 9.65. The number of aromatic hydroxyl groups is 1. The molecule has 9 nitrogen and oxygen atoms in total. The Morgan fingerprint density at radius 2 is 1.85 bits per heavy atom. The summed E-state index contributed by atoms with van der Waals surface area (Å²) in [5, 5.41) is 41.9. The lowest BCUT2D eigenvalue weighted by Crippen LogP contribution is -2.47. The van der Waals surface area contributed by atoms with Crippen LogP contribution in [0.4, 0.5) is 0 Å². The minimum atomic E-state index is -0.398. The molecule has 52 heavy (non-hydrogen) atoms. The fraction of sp³-hybridized carbons (Fsp3) is 0.674. The average molecular weight is 719 g/mol. The molecule has 2 saturated carbocycles. The maximum atomic E-state index is 10.9. The Morgan fingerprint density at radius 3 is 2.58 bits per heavy atom. The van der Waals surface area contributed by atoms with Crippen LogP contribution in [0.5, 0.6) is 11.5 Å². The zero-order chi connectivity index (χ0) is 36.7. The Labute approximate surface area is 311 Å². The Kier molecular flexibility index (Phi) is 13.5. The van der Waals surface area contributed by atoms with Gasteiger partial charge < -0.3 is 45.4 Å². The van der Waals surface area contributed by atoms with Crippen molar-refractivity contribution in [1.82, 2.24) is 20.9 Å². The molecule has 0 radical (unpaired) electrons. The Hall–Kier alpha value is -2.82. The molecule has 2 fully saturated rings. The van der Waals surface area contributed by atoms with Crippen LogP contribution in [0, 0.1) is 17.3 Å². The number of aryl methyl sites for hydroxylation is 3. The highest BCUT2D eigenvalue weighted by atomic mass is 16.5. The summed E-state index contributed by atoms with van der Waals surface area (Å²) in [6.45, 7) is 8.76. The molecule has 1 spiro atoms. The van der Waals surface area contributed by atoms with E-state index in [2.05, 4.69) is 40.8 Å². The number of phenols is 1. The van der Waals surface area contributed by atoms with E-state index in [0.29, 0.717) is 42.6 Å². The molecule has 3 aliphatic rings. The van der Waals surface area contributed by atoms with Gasteiger partial charge in [-0.3, -0.25) is 0 Å². The second kappa shape index (κ2) is 18.0. The van der Waals surface area contributed by atoms with Crippen LogP contribution in [0.25, 0.3) is 0 Å². The van der Waals surface area contributed by atoms with E-state index >= 15 is 0 Å². The fourth-order valence-corrected chi connectivity index (χ4v) is 10.2. The van der Waals surface area contributed by atoms with Gasteiger partial charge in [-0.2, -0.15) is 0 Å². The van der Waals surface area contributed by atoms with Crippen LogP contribution in [0.3, 0.4) is 0 Å². The summed E-state index contributed by atoms with van der Waals surface area (Å²) in [7, 11) is 2.04. The Bertz CT molecular complexity index is 1560. The van der Waals surface area contributed by atoms with Gasteiger partial charge in [0, 0.05) is 54.8 Å². The van der Waals surface area contributed by atoms with Crippen molar-refractivity contribution in [3.8, 4) is 11.5 Å². The second-order valence-electron chi connectivity index (χ2n) is 16.2. The molecule has 1 aromatic carbocycles. The van der Waals surface area contributed by atoms with Crippen molar-refractivity contribution in [3.63, 3.8) is 0 Å². The predicted molar refractivity (Wildman–Crippen MR) is 207 cm³/mol. The first kappa shape index (κ1) is 38.9. The molecule has 3 aromatic rings. The van der Waals surface area contributed by atoms with E-state index in [1.165, 1.54) is 56.2 Å². The van der Waals surface area contributed by atoms with Gasteiger partial charge in [-0.1, -0.05) is 45.6 Å². The topological polar surface area (TPSA) is 135 Å². The monoisotopic (exact) mass is 719 g/mol. The maximum absolute atomic E-state index is 10.9. The molecule has 0 saturated heterocycles. The van der Waals surface area contributed by atoms with Crippen molar-refractivity contribution in [2.45, 2.75) is 135 Å². The third-order valence-corrected chi connectivity index (χ3v) is 12.6. The number of aliphatic hydroxyl groups excluding tert-OH is 2. The van der Waals surface area contributed by atoms with Crippen LogP contribution in [-0.2, 0) is 32.3 Å². The number of benzene rings is 1. The molecule has 0 bridgehead atoms. The van der Waals surface area contributed by atoms with Gasteiger partial charge >= 0.3 is 0 Å². The molecular formula is C43H66N4O5. The lowest BCUT2D eigenvalue weighted by Gasteiger charge is -2.41. The second-order valence-corrected chi connectivity index (χ2v) is 16.2.